The molecular weight excluding hydrogens is 488 g/mol. The van der Waals surface area contributed by atoms with E-state index >= 15 is 0 Å². The fourth-order valence-corrected chi connectivity index (χ4v) is 5.08. The summed E-state index contributed by atoms with van der Waals surface area (Å²) >= 11 is 0. The minimum absolute atomic E-state index is 0.0205. The lowest BCUT2D eigenvalue weighted by atomic mass is 9.70. The van der Waals surface area contributed by atoms with Crippen molar-refractivity contribution in [3.05, 3.63) is 87.8 Å². The summed E-state index contributed by atoms with van der Waals surface area (Å²) in [5.41, 5.74) is -0.695. The number of aromatic nitrogens is 3. The van der Waals surface area contributed by atoms with Gasteiger partial charge in [-0.15, -0.1) is 0 Å². The molecule has 10 nitrogen and oxygen atoms in total. The van der Waals surface area contributed by atoms with Gasteiger partial charge in [-0.3, -0.25) is 19.1 Å². The van der Waals surface area contributed by atoms with Crippen molar-refractivity contribution in [3.63, 3.8) is 0 Å². The van der Waals surface area contributed by atoms with Crippen molar-refractivity contribution in [2.45, 2.75) is 39.2 Å². The molecule has 2 atom stereocenters. The lowest BCUT2D eigenvalue weighted by molar-refractivity contribution is -0.123. The number of aryl methyl sites for hydroxylation is 1. The van der Waals surface area contributed by atoms with E-state index in [2.05, 4.69) is 15.4 Å². The maximum Gasteiger partial charge on any atom is 0.194 e. The average molecular weight is 515 g/mol. The van der Waals surface area contributed by atoms with E-state index in [0.717, 1.165) is 5.56 Å². The molecule has 1 aromatic heterocycles. The largest absolute Gasteiger partial charge is 0.507 e. The highest BCUT2D eigenvalue weighted by atomic mass is 16.5. The van der Waals surface area contributed by atoms with Crippen molar-refractivity contribution in [1.82, 2.24) is 20.1 Å². The van der Waals surface area contributed by atoms with Crippen molar-refractivity contribution in [3.8, 4) is 17.2 Å². The molecule has 0 saturated heterocycles. The van der Waals surface area contributed by atoms with E-state index in [1.165, 1.54) is 26.8 Å². The van der Waals surface area contributed by atoms with Crippen molar-refractivity contribution in [1.29, 1.82) is 0 Å². The van der Waals surface area contributed by atoms with Crippen LogP contribution in [0.3, 0.4) is 0 Å². The van der Waals surface area contributed by atoms with Crippen LogP contribution >= 0.6 is 0 Å². The van der Waals surface area contributed by atoms with Crippen LogP contribution in [0.2, 0.25) is 0 Å². The summed E-state index contributed by atoms with van der Waals surface area (Å²) in [5, 5.41) is 29.2. The predicted molar refractivity (Wildman–Crippen MR) is 136 cm³/mol. The van der Waals surface area contributed by atoms with E-state index in [-0.39, 0.29) is 45.2 Å². The summed E-state index contributed by atoms with van der Waals surface area (Å²) in [7, 11) is 1.74. The number of phenolic OH excluding ortho intramolecular Hbond substituents is 2. The van der Waals surface area contributed by atoms with Crippen LogP contribution in [0.5, 0.6) is 17.2 Å². The number of carbonyl (C=O) groups is 3. The second-order valence-corrected chi connectivity index (χ2v) is 9.65. The first-order chi connectivity index (χ1) is 18.0. The van der Waals surface area contributed by atoms with Gasteiger partial charge in [-0.25, -0.2) is 4.98 Å². The molecule has 3 aromatic rings. The Morgan fingerprint density at radius 1 is 1.13 bits per heavy atom. The number of nitrogens with zero attached hydrogens (tertiary/aromatic N) is 3. The molecule has 38 heavy (non-hydrogen) atoms. The van der Waals surface area contributed by atoms with E-state index in [0.29, 0.717) is 5.82 Å². The normalized spacial score (nSPS) is 20.3. The highest BCUT2D eigenvalue weighted by Crippen LogP contribution is 2.57. The molecule has 5 rings (SSSR count). The number of Topliss-reactive ketones (excluding diaryl/α,β-unsaturated/α-hetero) is 2. The zero-order chi connectivity index (χ0) is 27.5. The number of aromatic hydroxyl groups is 2. The summed E-state index contributed by atoms with van der Waals surface area (Å²) in [5.74, 6) is -2.22. The molecule has 2 aromatic carbocycles. The van der Waals surface area contributed by atoms with Crippen LogP contribution in [0.4, 0.5) is 0 Å². The van der Waals surface area contributed by atoms with Gasteiger partial charge in [0, 0.05) is 24.4 Å². The van der Waals surface area contributed by atoms with Crippen molar-refractivity contribution >= 4 is 17.3 Å². The quantitative estimate of drug-likeness (QED) is 0.266. The minimum atomic E-state index is -1.60. The third-order valence-corrected chi connectivity index (χ3v) is 7.13. The predicted octanol–water partition coefficient (Wildman–Crippen LogP) is 3.08. The maximum atomic E-state index is 14.1. The highest BCUT2D eigenvalue weighted by Gasteiger charge is 2.56. The van der Waals surface area contributed by atoms with Crippen LogP contribution in [0, 0.1) is 6.92 Å². The van der Waals surface area contributed by atoms with Crippen molar-refractivity contribution in [2.75, 3.05) is 0 Å². The van der Waals surface area contributed by atoms with E-state index in [1.807, 2.05) is 30.3 Å². The summed E-state index contributed by atoms with van der Waals surface area (Å²) in [4.78, 5) is 44.1. The van der Waals surface area contributed by atoms with Crippen molar-refractivity contribution in [2.24, 2.45) is 7.05 Å². The number of fused-ring (bicyclic) bond motifs is 3. The van der Waals surface area contributed by atoms with Gasteiger partial charge < -0.3 is 20.3 Å². The number of carbonyl (C=O) groups excluding carboxylic acids is 3. The van der Waals surface area contributed by atoms with E-state index in [4.69, 9.17) is 4.74 Å². The zero-order valence-electron chi connectivity index (χ0n) is 21.5. The zero-order valence-corrected chi connectivity index (χ0v) is 21.5. The molecule has 2 aliphatic rings. The number of phenols is 2. The molecule has 0 radical (unpaired) electrons. The number of ether oxygens (including phenoxy) is 1. The Hall–Kier alpha value is -4.73. The van der Waals surface area contributed by atoms with Gasteiger partial charge >= 0.3 is 0 Å². The molecule has 2 unspecified atom stereocenters. The van der Waals surface area contributed by atoms with Crippen LogP contribution in [0.15, 0.2) is 59.8 Å². The van der Waals surface area contributed by atoms with Gasteiger partial charge in [-0.05, 0) is 33.3 Å². The number of allylic oxidation sites excluding steroid dienone is 4. The number of rotatable bonds is 5. The Labute approximate surface area is 218 Å². The molecule has 2 heterocycles. The number of nitrogens with one attached hydrogen (secondary N) is 1. The third kappa shape index (κ3) is 3.52. The molecule has 194 valence electrons. The number of hydrogen-bond donors (Lipinski definition) is 3. The van der Waals surface area contributed by atoms with Crippen LogP contribution in [0.25, 0.3) is 0 Å². The van der Waals surface area contributed by atoms with Crippen molar-refractivity contribution < 1.29 is 29.3 Å². The highest BCUT2D eigenvalue weighted by molar-refractivity contribution is 6.31. The molecular formula is C28H26N4O6. The topological polar surface area (TPSA) is 144 Å². The second-order valence-electron chi connectivity index (χ2n) is 9.65. The molecule has 0 fully saturated rings. The molecule has 0 spiro atoms. The first-order valence-electron chi connectivity index (χ1n) is 11.9. The SMILES string of the molecule is CC(=O)c1c(O)c(C)c(O)c2c1OC1=CC(=O)C(=C(C)NC(c3ccccc3)c3ncn(C)n3)C(=O)C12C. The Balaban J connectivity index is 1.65. The number of ketones is 3. The summed E-state index contributed by atoms with van der Waals surface area (Å²) < 4.78 is 7.39. The first-order valence-corrected chi connectivity index (χ1v) is 11.9. The standard InChI is InChI=1S/C28H26N4O6/c1-13-23(35)20(15(3)33)25-21(24(13)36)28(4)18(38-25)11-17(34)19(26(28)37)14(2)30-22(16-9-7-6-8-10-16)27-29-12-32(5)31-27/h6-12,22,30,35-36H,1-5H3. The summed E-state index contributed by atoms with van der Waals surface area (Å²) in [6.45, 7) is 5.83. The fourth-order valence-electron chi connectivity index (χ4n) is 5.08. The maximum absolute atomic E-state index is 14.1. The lowest BCUT2D eigenvalue weighted by Crippen LogP contribution is -2.41. The van der Waals surface area contributed by atoms with Crippen LogP contribution in [-0.2, 0) is 22.1 Å². The van der Waals surface area contributed by atoms with E-state index < -0.39 is 34.6 Å². The number of benzene rings is 2. The summed E-state index contributed by atoms with van der Waals surface area (Å²) in [6, 6.07) is 8.80. The third-order valence-electron chi connectivity index (χ3n) is 7.13. The Bertz CT molecular complexity index is 1600. The van der Waals surface area contributed by atoms with Gasteiger partial charge in [0.25, 0.3) is 0 Å². The molecule has 0 amide bonds. The van der Waals surface area contributed by atoms with Gasteiger partial charge in [-0.2, -0.15) is 5.10 Å². The monoisotopic (exact) mass is 514 g/mol. The van der Waals surface area contributed by atoms with Gasteiger partial charge in [0.2, 0.25) is 0 Å². The van der Waals surface area contributed by atoms with E-state index in [1.54, 1.807) is 25.0 Å². The fraction of sp³-hybridized carbons (Fsp3) is 0.250. The Morgan fingerprint density at radius 3 is 2.42 bits per heavy atom. The molecule has 1 aliphatic carbocycles. The van der Waals surface area contributed by atoms with Gasteiger partial charge in [0.05, 0.1) is 11.1 Å². The molecule has 0 saturated carbocycles. The molecule has 3 N–H and O–H groups in total. The lowest BCUT2D eigenvalue weighted by Gasteiger charge is -2.29. The van der Waals surface area contributed by atoms with Crippen LogP contribution < -0.4 is 10.1 Å². The van der Waals surface area contributed by atoms with Gasteiger partial charge in [0.1, 0.15) is 46.4 Å². The van der Waals surface area contributed by atoms with Gasteiger partial charge in [0.15, 0.2) is 23.2 Å². The smallest absolute Gasteiger partial charge is 0.194 e. The molecule has 1 aliphatic heterocycles. The number of hydrogen-bond acceptors (Lipinski definition) is 9. The minimum Gasteiger partial charge on any atom is -0.507 e. The molecule has 10 heteroatoms. The average Bonchev–Trinajstić information content (AvgIpc) is 3.43. The first kappa shape index (κ1) is 24.9. The summed E-state index contributed by atoms with van der Waals surface area (Å²) in [6.07, 6.45) is 2.75. The second kappa shape index (κ2) is 8.69. The Morgan fingerprint density at radius 2 is 1.82 bits per heavy atom. The van der Waals surface area contributed by atoms with Gasteiger partial charge in [-0.1, -0.05) is 30.3 Å². The molecule has 0 bridgehead atoms. The van der Waals surface area contributed by atoms with Crippen LogP contribution in [0.1, 0.15) is 59.7 Å². The van der Waals surface area contributed by atoms with Crippen LogP contribution in [-0.4, -0.2) is 42.3 Å². The van der Waals surface area contributed by atoms with E-state index in [9.17, 15) is 24.6 Å². The Kier molecular flexibility index (Phi) is 5.70.